The first-order chi connectivity index (χ1) is 10.1. The predicted molar refractivity (Wildman–Crippen MR) is 77.1 cm³/mol. The molecule has 1 aromatic heterocycles. The van der Waals surface area contributed by atoms with Crippen molar-refractivity contribution in [3.8, 4) is 5.75 Å². The molecule has 0 amide bonds. The van der Waals surface area contributed by atoms with Gasteiger partial charge in [-0.25, -0.2) is 0 Å². The summed E-state index contributed by atoms with van der Waals surface area (Å²) in [5, 5.41) is 10.8. The van der Waals surface area contributed by atoms with Crippen LogP contribution in [0.2, 0.25) is 0 Å². The van der Waals surface area contributed by atoms with Crippen LogP contribution in [0.15, 0.2) is 35.1 Å². The van der Waals surface area contributed by atoms with E-state index in [1.54, 1.807) is 29.2 Å². The molecule has 5 nitrogen and oxygen atoms in total. The van der Waals surface area contributed by atoms with Crippen LogP contribution in [0.4, 0.5) is 8.78 Å². The highest BCUT2D eigenvalue weighted by Crippen LogP contribution is 2.24. The van der Waals surface area contributed by atoms with E-state index in [-0.39, 0.29) is 5.75 Å². The maximum absolute atomic E-state index is 12.3. The number of hydrogen-bond donors (Lipinski definition) is 1. The van der Waals surface area contributed by atoms with E-state index in [2.05, 4.69) is 36.3 Å². The summed E-state index contributed by atoms with van der Waals surface area (Å²) in [6.45, 7) is -0.872. The average Bonchev–Trinajstić information content (AvgIpc) is 2.94. The van der Waals surface area contributed by atoms with Crippen molar-refractivity contribution in [3.63, 3.8) is 0 Å². The lowest BCUT2D eigenvalue weighted by atomic mass is 10.2. The first-order valence-corrected chi connectivity index (χ1v) is 7.22. The molecule has 1 heterocycles. The summed E-state index contributed by atoms with van der Waals surface area (Å²) in [5.74, 6) is 0.192. The van der Waals surface area contributed by atoms with Gasteiger partial charge in [0.25, 0.3) is 0 Å². The van der Waals surface area contributed by atoms with Gasteiger partial charge in [0.1, 0.15) is 5.75 Å². The molecule has 0 fully saturated rings. The number of aromatic nitrogens is 3. The topological polar surface area (TPSA) is 52.0 Å². The van der Waals surface area contributed by atoms with Gasteiger partial charge in [-0.2, -0.15) is 8.78 Å². The van der Waals surface area contributed by atoms with E-state index in [0.29, 0.717) is 12.1 Å². The van der Waals surface area contributed by atoms with Gasteiger partial charge in [-0.05, 0) is 31.2 Å². The quantitative estimate of drug-likeness (QED) is 0.735. The van der Waals surface area contributed by atoms with Crippen molar-refractivity contribution in [2.75, 3.05) is 6.54 Å². The number of nitrogens with zero attached hydrogens (tertiary/aromatic N) is 3. The Bertz CT molecular complexity index is 551. The van der Waals surface area contributed by atoms with E-state index in [0.717, 1.165) is 24.0 Å². The fraction of sp³-hybridized carbons (Fsp3) is 0.385. The number of alkyl halides is 2. The molecule has 0 atom stereocenters. The van der Waals surface area contributed by atoms with Crippen molar-refractivity contribution in [2.45, 2.75) is 26.1 Å². The van der Waals surface area contributed by atoms with Crippen LogP contribution in [0, 0.1) is 0 Å². The molecule has 0 saturated carbocycles. The molecule has 0 aliphatic heterocycles. The number of benzene rings is 1. The Morgan fingerprint density at radius 2 is 2.24 bits per heavy atom. The fourth-order valence-electron chi connectivity index (χ4n) is 1.84. The molecule has 1 N–H and O–H groups in total. The summed E-state index contributed by atoms with van der Waals surface area (Å²) in [5.41, 5.74) is 0.686. The Labute approximate surface area is 129 Å². The van der Waals surface area contributed by atoms with Gasteiger partial charge in [0.05, 0.1) is 6.20 Å². The minimum absolute atomic E-state index is 0.192. The van der Waals surface area contributed by atoms with Crippen molar-refractivity contribution in [1.82, 2.24) is 20.3 Å². The van der Waals surface area contributed by atoms with E-state index in [1.807, 2.05) is 0 Å². The summed E-state index contributed by atoms with van der Waals surface area (Å²) in [6.07, 6.45) is 4.29. The monoisotopic (exact) mass is 360 g/mol. The summed E-state index contributed by atoms with van der Waals surface area (Å²) in [4.78, 5) is 0. The van der Waals surface area contributed by atoms with Crippen LogP contribution in [0.5, 0.6) is 5.75 Å². The second-order valence-electron chi connectivity index (χ2n) is 4.33. The molecule has 0 spiro atoms. The fourth-order valence-corrected chi connectivity index (χ4v) is 2.25. The summed E-state index contributed by atoms with van der Waals surface area (Å²) < 4.78 is 31.7. The highest BCUT2D eigenvalue weighted by Gasteiger charge is 2.09. The first-order valence-electron chi connectivity index (χ1n) is 6.43. The third-order valence-corrected chi connectivity index (χ3v) is 3.26. The molecular weight excluding hydrogens is 346 g/mol. The van der Waals surface area contributed by atoms with Crippen molar-refractivity contribution >= 4 is 15.9 Å². The predicted octanol–water partition coefficient (Wildman–Crippen LogP) is 2.82. The van der Waals surface area contributed by atoms with Gasteiger partial charge in [-0.1, -0.05) is 21.1 Å². The third kappa shape index (κ3) is 5.39. The lowest BCUT2D eigenvalue weighted by Gasteiger charge is -2.12. The zero-order valence-corrected chi connectivity index (χ0v) is 12.8. The van der Waals surface area contributed by atoms with Gasteiger partial charge in [-0.3, -0.25) is 4.68 Å². The highest BCUT2D eigenvalue weighted by atomic mass is 79.9. The molecule has 0 unspecified atom stereocenters. The molecule has 0 bridgehead atoms. The number of aryl methyl sites for hydroxylation is 1. The Morgan fingerprint density at radius 3 is 2.95 bits per heavy atom. The lowest BCUT2D eigenvalue weighted by molar-refractivity contribution is -0.0505. The van der Waals surface area contributed by atoms with E-state index < -0.39 is 6.61 Å². The van der Waals surface area contributed by atoms with Crippen molar-refractivity contribution in [3.05, 3.63) is 40.6 Å². The number of halogens is 3. The third-order valence-electron chi connectivity index (χ3n) is 2.77. The van der Waals surface area contributed by atoms with Gasteiger partial charge in [-0.15, -0.1) is 5.10 Å². The number of nitrogens with one attached hydrogen (secondary N) is 1. The van der Waals surface area contributed by atoms with Gasteiger partial charge in [0.2, 0.25) is 0 Å². The van der Waals surface area contributed by atoms with E-state index in [9.17, 15) is 8.78 Å². The van der Waals surface area contributed by atoms with Crippen LogP contribution >= 0.6 is 15.9 Å². The van der Waals surface area contributed by atoms with E-state index in [4.69, 9.17) is 0 Å². The maximum atomic E-state index is 12.3. The molecule has 0 aliphatic rings. The summed E-state index contributed by atoms with van der Waals surface area (Å²) in [6, 6.07) is 4.97. The first kappa shape index (κ1) is 15.8. The van der Waals surface area contributed by atoms with Crippen LogP contribution in [0.1, 0.15) is 12.0 Å². The lowest BCUT2D eigenvalue weighted by Crippen LogP contribution is -2.18. The van der Waals surface area contributed by atoms with E-state index >= 15 is 0 Å². The van der Waals surface area contributed by atoms with Crippen molar-refractivity contribution in [1.29, 1.82) is 0 Å². The second kappa shape index (κ2) is 8.04. The van der Waals surface area contributed by atoms with Crippen molar-refractivity contribution in [2.24, 2.45) is 0 Å². The molecule has 0 radical (unpaired) electrons. The smallest absolute Gasteiger partial charge is 0.387 e. The van der Waals surface area contributed by atoms with Crippen LogP contribution in [-0.2, 0) is 13.1 Å². The van der Waals surface area contributed by atoms with Crippen LogP contribution in [0.25, 0.3) is 0 Å². The van der Waals surface area contributed by atoms with Gasteiger partial charge in [0, 0.05) is 29.3 Å². The molecule has 2 aromatic rings. The molecular formula is C13H15BrF2N4O. The maximum Gasteiger partial charge on any atom is 0.387 e. The number of ether oxygens (including phenoxy) is 1. The molecule has 1 aromatic carbocycles. The van der Waals surface area contributed by atoms with Crippen LogP contribution < -0.4 is 10.1 Å². The zero-order valence-electron chi connectivity index (χ0n) is 11.2. The van der Waals surface area contributed by atoms with Gasteiger partial charge >= 0.3 is 6.61 Å². The van der Waals surface area contributed by atoms with Crippen LogP contribution in [-0.4, -0.2) is 28.2 Å². The van der Waals surface area contributed by atoms with Crippen molar-refractivity contribution < 1.29 is 13.5 Å². The molecule has 2 rings (SSSR count). The Balaban J connectivity index is 1.80. The average molecular weight is 361 g/mol. The Morgan fingerprint density at radius 1 is 1.38 bits per heavy atom. The summed E-state index contributed by atoms with van der Waals surface area (Å²) in [7, 11) is 0. The minimum atomic E-state index is -2.82. The Hall–Kier alpha value is -1.54. The zero-order chi connectivity index (χ0) is 15.1. The number of hydrogen-bond acceptors (Lipinski definition) is 4. The summed E-state index contributed by atoms with van der Waals surface area (Å²) >= 11 is 3.32. The Kier molecular flexibility index (Phi) is 6.06. The highest BCUT2D eigenvalue weighted by molar-refractivity contribution is 9.10. The van der Waals surface area contributed by atoms with Gasteiger partial charge in [0.15, 0.2) is 0 Å². The normalized spacial score (nSPS) is 11.0. The molecule has 0 saturated heterocycles. The molecule has 21 heavy (non-hydrogen) atoms. The number of rotatable bonds is 8. The van der Waals surface area contributed by atoms with Gasteiger partial charge < -0.3 is 10.1 Å². The SMILES string of the molecule is FC(F)Oc1ccc(Br)cc1CNCCCn1ccnn1. The second-order valence-corrected chi connectivity index (χ2v) is 5.24. The standard InChI is InChI=1S/C13H15BrF2N4O/c14-11-2-3-12(21-13(15)16)10(8-11)9-17-4-1-6-20-7-5-18-19-20/h2-3,5,7-8,13,17H,1,4,6,9H2. The molecule has 0 aliphatic carbocycles. The molecule has 8 heteroatoms. The molecule has 114 valence electrons. The van der Waals surface area contributed by atoms with Crippen LogP contribution in [0.3, 0.4) is 0 Å². The minimum Gasteiger partial charge on any atom is -0.434 e. The van der Waals surface area contributed by atoms with E-state index in [1.165, 1.54) is 6.07 Å². The largest absolute Gasteiger partial charge is 0.434 e.